The number of guanidine groups is 1. The summed E-state index contributed by atoms with van der Waals surface area (Å²) < 4.78 is 28.1. The van der Waals surface area contributed by atoms with Crippen molar-refractivity contribution in [1.82, 2.24) is 10.6 Å². The predicted octanol–water partition coefficient (Wildman–Crippen LogP) is 1.92. The van der Waals surface area contributed by atoms with Gasteiger partial charge in [-0.1, -0.05) is 18.2 Å². The Kier molecular flexibility index (Phi) is 5.65. The zero-order chi connectivity index (χ0) is 16.9. The van der Waals surface area contributed by atoms with Gasteiger partial charge in [-0.05, 0) is 25.5 Å². The molecule has 126 valence electrons. The molecule has 1 unspecified atom stereocenters. The van der Waals surface area contributed by atoms with Crippen molar-refractivity contribution in [3.63, 3.8) is 0 Å². The lowest BCUT2D eigenvalue weighted by Gasteiger charge is -2.17. The van der Waals surface area contributed by atoms with Crippen molar-refractivity contribution in [3.05, 3.63) is 36.1 Å². The van der Waals surface area contributed by atoms with E-state index < -0.39 is 9.84 Å². The first-order valence-corrected chi connectivity index (χ1v) is 9.56. The number of hydrogen-bond acceptors (Lipinski definition) is 4. The molecule has 0 radical (unpaired) electrons. The van der Waals surface area contributed by atoms with Crippen LogP contribution in [0.5, 0.6) is 0 Å². The highest BCUT2D eigenvalue weighted by Gasteiger charge is 2.10. The third-order valence-electron chi connectivity index (χ3n) is 3.43. The van der Waals surface area contributed by atoms with Crippen LogP contribution in [-0.4, -0.2) is 39.5 Å². The van der Waals surface area contributed by atoms with Gasteiger partial charge in [0.05, 0.1) is 12.3 Å². The number of sulfone groups is 1. The largest absolute Gasteiger partial charge is 0.459 e. The second kappa shape index (κ2) is 7.50. The maximum absolute atomic E-state index is 11.2. The zero-order valence-electron chi connectivity index (χ0n) is 13.7. The Hall–Kier alpha value is -2.02. The molecule has 0 spiro atoms. The first kappa shape index (κ1) is 17.3. The van der Waals surface area contributed by atoms with E-state index in [0.717, 1.165) is 16.7 Å². The molecule has 0 aliphatic rings. The molecule has 0 aliphatic heterocycles. The molecule has 0 amide bonds. The Morgan fingerprint density at radius 2 is 2.09 bits per heavy atom. The van der Waals surface area contributed by atoms with Gasteiger partial charge >= 0.3 is 0 Å². The monoisotopic (exact) mass is 337 g/mol. The molecule has 1 aromatic carbocycles. The summed E-state index contributed by atoms with van der Waals surface area (Å²) in [5.41, 5.74) is 0.855. The molecule has 2 rings (SSSR count). The zero-order valence-corrected chi connectivity index (χ0v) is 14.5. The van der Waals surface area contributed by atoms with E-state index in [-0.39, 0.29) is 11.8 Å². The number of rotatable bonds is 6. The van der Waals surface area contributed by atoms with Crippen molar-refractivity contribution in [3.8, 4) is 0 Å². The molecule has 0 bridgehead atoms. The minimum atomic E-state index is -2.95. The first-order valence-electron chi connectivity index (χ1n) is 7.50. The summed E-state index contributed by atoms with van der Waals surface area (Å²) in [5, 5.41) is 7.41. The lowest BCUT2D eigenvalue weighted by Crippen LogP contribution is -2.42. The third-order valence-corrected chi connectivity index (χ3v) is 4.41. The van der Waals surface area contributed by atoms with E-state index in [1.165, 1.54) is 6.26 Å². The van der Waals surface area contributed by atoms with E-state index in [4.69, 9.17) is 4.42 Å². The van der Waals surface area contributed by atoms with E-state index in [9.17, 15) is 8.42 Å². The van der Waals surface area contributed by atoms with Gasteiger partial charge in [0.25, 0.3) is 0 Å². The molecule has 0 fully saturated rings. The van der Waals surface area contributed by atoms with Crippen LogP contribution in [0.1, 0.15) is 19.1 Å². The van der Waals surface area contributed by atoms with Crippen LogP contribution in [0.25, 0.3) is 11.0 Å². The topological polar surface area (TPSA) is 83.7 Å². The summed E-state index contributed by atoms with van der Waals surface area (Å²) in [6.07, 6.45) is 1.78. The molecule has 23 heavy (non-hydrogen) atoms. The highest BCUT2D eigenvalue weighted by Crippen LogP contribution is 2.18. The Bertz CT molecular complexity index is 748. The van der Waals surface area contributed by atoms with Crippen LogP contribution in [0.2, 0.25) is 0 Å². The van der Waals surface area contributed by atoms with Crippen LogP contribution in [0, 0.1) is 0 Å². The predicted molar refractivity (Wildman–Crippen MR) is 93.3 cm³/mol. The Morgan fingerprint density at radius 3 is 2.74 bits per heavy atom. The number of furan rings is 1. The molecule has 2 N–H and O–H groups in total. The van der Waals surface area contributed by atoms with E-state index >= 15 is 0 Å². The van der Waals surface area contributed by atoms with Gasteiger partial charge in [-0.2, -0.15) is 0 Å². The van der Waals surface area contributed by atoms with Crippen molar-refractivity contribution in [2.75, 3.05) is 19.1 Å². The fourth-order valence-corrected chi connectivity index (χ4v) is 2.97. The second-order valence-corrected chi connectivity index (χ2v) is 7.90. The summed E-state index contributed by atoms with van der Waals surface area (Å²) in [5.74, 6) is 1.59. The molecule has 1 aromatic heterocycles. The average Bonchev–Trinajstić information content (AvgIpc) is 2.91. The number of benzene rings is 1. The van der Waals surface area contributed by atoms with Gasteiger partial charge in [-0.25, -0.2) is 8.42 Å². The molecule has 7 heteroatoms. The number of aliphatic imine (C=N–C) groups is 1. The quantitative estimate of drug-likeness (QED) is 0.621. The van der Waals surface area contributed by atoms with E-state index in [1.807, 2.05) is 37.3 Å². The van der Waals surface area contributed by atoms with Crippen LogP contribution >= 0.6 is 0 Å². The average molecular weight is 337 g/mol. The molecule has 6 nitrogen and oxygen atoms in total. The maximum Gasteiger partial charge on any atom is 0.191 e. The van der Waals surface area contributed by atoms with Gasteiger partial charge in [0, 0.05) is 24.7 Å². The fourth-order valence-electron chi connectivity index (χ4n) is 2.19. The van der Waals surface area contributed by atoms with E-state index in [1.54, 1.807) is 7.05 Å². The first-order chi connectivity index (χ1) is 10.9. The molecule has 0 saturated carbocycles. The molecule has 2 aromatic rings. The van der Waals surface area contributed by atoms with Gasteiger partial charge in [0.15, 0.2) is 5.96 Å². The number of nitrogens with zero attached hydrogens (tertiary/aromatic N) is 1. The lowest BCUT2D eigenvalue weighted by atomic mass is 10.2. The highest BCUT2D eigenvalue weighted by molar-refractivity contribution is 7.90. The van der Waals surface area contributed by atoms with Crippen LogP contribution in [0.4, 0.5) is 0 Å². The highest BCUT2D eigenvalue weighted by atomic mass is 32.2. The number of nitrogens with one attached hydrogen (secondary N) is 2. The van der Waals surface area contributed by atoms with Gasteiger partial charge in [-0.3, -0.25) is 4.99 Å². The Balaban J connectivity index is 1.87. The standard InChI is InChI=1S/C16H23N3O3S/c1-12(8-9-23(3,20)21)19-16(17-2)18-11-14-10-13-6-4-5-7-15(13)22-14/h4-7,10,12H,8-9,11H2,1-3H3,(H2,17,18,19). The second-order valence-electron chi connectivity index (χ2n) is 5.64. The van der Waals surface area contributed by atoms with Gasteiger partial charge in [0.2, 0.25) is 0 Å². The molecule has 0 aliphatic carbocycles. The number of fused-ring (bicyclic) bond motifs is 1. The molecule has 1 heterocycles. The molecular formula is C16H23N3O3S. The molecule has 1 atom stereocenters. The van der Waals surface area contributed by atoms with Crippen LogP contribution in [-0.2, 0) is 16.4 Å². The van der Waals surface area contributed by atoms with Crippen molar-refractivity contribution in [2.24, 2.45) is 4.99 Å². The van der Waals surface area contributed by atoms with Crippen molar-refractivity contribution in [1.29, 1.82) is 0 Å². The SMILES string of the molecule is CN=C(NCc1cc2ccccc2o1)NC(C)CCS(C)(=O)=O. The van der Waals surface area contributed by atoms with Crippen molar-refractivity contribution >= 4 is 26.8 Å². The third kappa shape index (κ3) is 5.59. The Morgan fingerprint density at radius 1 is 1.35 bits per heavy atom. The smallest absolute Gasteiger partial charge is 0.191 e. The van der Waals surface area contributed by atoms with E-state index in [2.05, 4.69) is 15.6 Å². The lowest BCUT2D eigenvalue weighted by molar-refractivity contribution is 0.534. The number of hydrogen-bond donors (Lipinski definition) is 2. The number of para-hydroxylation sites is 1. The summed E-state index contributed by atoms with van der Waals surface area (Å²) in [7, 11) is -1.27. The van der Waals surface area contributed by atoms with Gasteiger partial charge in [-0.15, -0.1) is 0 Å². The summed E-state index contributed by atoms with van der Waals surface area (Å²) in [6, 6.07) is 9.84. The minimum Gasteiger partial charge on any atom is -0.459 e. The van der Waals surface area contributed by atoms with Crippen LogP contribution < -0.4 is 10.6 Å². The Labute approximate surface area is 136 Å². The van der Waals surface area contributed by atoms with Crippen LogP contribution in [0.15, 0.2) is 39.7 Å². The maximum atomic E-state index is 11.2. The van der Waals surface area contributed by atoms with Crippen molar-refractivity contribution < 1.29 is 12.8 Å². The minimum absolute atomic E-state index is 0.00611. The normalized spacial score (nSPS) is 14.0. The van der Waals surface area contributed by atoms with Crippen molar-refractivity contribution in [2.45, 2.75) is 25.9 Å². The fraction of sp³-hybridized carbons (Fsp3) is 0.438. The summed E-state index contributed by atoms with van der Waals surface area (Å²) in [4.78, 5) is 4.14. The summed E-state index contributed by atoms with van der Waals surface area (Å²) in [6.45, 7) is 2.44. The van der Waals surface area contributed by atoms with E-state index in [0.29, 0.717) is 18.9 Å². The van der Waals surface area contributed by atoms with Gasteiger partial charge in [0.1, 0.15) is 21.2 Å². The summed E-state index contributed by atoms with van der Waals surface area (Å²) >= 11 is 0. The van der Waals surface area contributed by atoms with Gasteiger partial charge < -0.3 is 15.1 Å². The van der Waals surface area contributed by atoms with Crippen LogP contribution in [0.3, 0.4) is 0 Å². The molecule has 0 saturated heterocycles. The molecular weight excluding hydrogens is 314 g/mol.